The van der Waals surface area contributed by atoms with E-state index in [0.29, 0.717) is 6.42 Å². The van der Waals surface area contributed by atoms with Crippen molar-refractivity contribution in [2.75, 3.05) is 12.9 Å². The Morgan fingerprint density at radius 3 is 2.61 bits per heavy atom. The Balaban J connectivity index is 1.81. The molecule has 0 aliphatic rings. The van der Waals surface area contributed by atoms with E-state index < -0.39 is 0 Å². The minimum absolute atomic E-state index is 0.0323. The van der Waals surface area contributed by atoms with Gasteiger partial charge in [0.1, 0.15) is 5.75 Å². The normalized spacial score (nSPS) is 11.8. The van der Waals surface area contributed by atoms with Crippen LogP contribution in [0.25, 0.3) is 0 Å². The van der Waals surface area contributed by atoms with Gasteiger partial charge >= 0.3 is 0 Å². The van der Waals surface area contributed by atoms with E-state index in [0.717, 1.165) is 27.0 Å². The summed E-state index contributed by atoms with van der Waals surface area (Å²) in [5.41, 5.74) is 0.980. The molecule has 1 N–H and O–H groups in total. The zero-order valence-electron chi connectivity index (χ0n) is 13.2. The third-order valence-electron chi connectivity index (χ3n) is 3.39. The van der Waals surface area contributed by atoms with Crippen LogP contribution >= 0.6 is 23.4 Å². The number of carbonyl (C=O) groups is 1. The van der Waals surface area contributed by atoms with Gasteiger partial charge in [-0.15, -0.1) is 11.8 Å². The molecule has 3 nitrogen and oxygen atoms in total. The second-order valence-corrected chi connectivity index (χ2v) is 6.69. The summed E-state index contributed by atoms with van der Waals surface area (Å²) in [4.78, 5) is 13.2. The first kappa shape index (κ1) is 17.7. The van der Waals surface area contributed by atoms with Crippen molar-refractivity contribution in [2.24, 2.45) is 0 Å². The maximum absolute atomic E-state index is 12.1. The van der Waals surface area contributed by atoms with Crippen LogP contribution in [0.4, 0.5) is 0 Å². The van der Waals surface area contributed by atoms with Crippen molar-refractivity contribution in [3.8, 4) is 5.75 Å². The van der Waals surface area contributed by atoms with Crippen molar-refractivity contribution in [1.82, 2.24) is 5.32 Å². The minimum atomic E-state index is -0.0841. The molecule has 0 spiro atoms. The van der Waals surface area contributed by atoms with Crippen LogP contribution in [0.5, 0.6) is 5.75 Å². The van der Waals surface area contributed by atoms with Gasteiger partial charge < -0.3 is 10.1 Å². The smallest absolute Gasteiger partial charge is 0.221 e. The molecule has 2 aromatic carbocycles. The Kier molecular flexibility index (Phi) is 6.81. The number of halogens is 1. The summed E-state index contributed by atoms with van der Waals surface area (Å²) in [5, 5.41) is 3.73. The lowest BCUT2D eigenvalue weighted by atomic mass is 10.1. The predicted molar refractivity (Wildman–Crippen MR) is 96.3 cm³/mol. The molecule has 0 saturated carbocycles. The van der Waals surface area contributed by atoms with E-state index in [9.17, 15) is 4.79 Å². The number of hydrogen-bond acceptors (Lipinski definition) is 3. The van der Waals surface area contributed by atoms with Crippen molar-refractivity contribution >= 4 is 29.3 Å². The number of rotatable bonds is 7. The summed E-state index contributed by atoms with van der Waals surface area (Å²) in [7, 11) is 1.64. The highest BCUT2D eigenvalue weighted by atomic mass is 35.5. The topological polar surface area (TPSA) is 38.3 Å². The van der Waals surface area contributed by atoms with Crippen LogP contribution in [0, 0.1) is 0 Å². The highest BCUT2D eigenvalue weighted by Crippen LogP contribution is 2.25. The van der Waals surface area contributed by atoms with Crippen LogP contribution < -0.4 is 10.1 Å². The monoisotopic (exact) mass is 349 g/mol. The van der Waals surface area contributed by atoms with E-state index in [1.807, 2.05) is 55.5 Å². The third kappa shape index (κ3) is 5.48. The van der Waals surface area contributed by atoms with Gasteiger partial charge in [0.2, 0.25) is 5.91 Å². The summed E-state index contributed by atoms with van der Waals surface area (Å²) in [6.45, 7) is 1.96. The molecule has 5 heteroatoms. The summed E-state index contributed by atoms with van der Waals surface area (Å²) >= 11 is 7.50. The van der Waals surface area contributed by atoms with E-state index in [2.05, 4.69) is 5.32 Å². The standard InChI is InChI=1S/C18H20ClNO2S/c1-13(16-5-3-4-6-17(16)22-2)20-18(21)11-12-23-15-9-7-14(19)8-10-15/h3-10,13H,11-12H2,1-2H3,(H,20,21)/t13-/m1/s1. The SMILES string of the molecule is COc1ccccc1[C@@H](C)NC(=O)CCSc1ccc(Cl)cc1. The van der Waals surface area contributed by atoms with Gasteiger partial charge in [0, 0.05) is 27.7 Å². The highest BCUT2D eigenvalue weighted by Gasteiger charge is 2.13. The maximum Gasteiger partial charge on any atom is 0.221 e. The molecule has 122 valence electrons. The van der Waals surface area contributed by atoms with Crippen molar-refractivity contribution < 1.29 is 9.53 Å². The number of para-hydroxylation sites is 1. The van der Waals surface area contributed by atoms with Gasteiger partial charge in [0.25, 0.3) is 0 Å². The molecule has 0 aliphatic heterocycles. The lowest BCUT2D eigenvalue weighted by molar-refractivity contribution is -0.121. The van der Waals surface area contributed by atoms with Gasteiger partial charge in [-0.3, -0.25) is 4.79 Å². The molecule has 0 bridgehead atoms. The lowest BCUT2D eigenvalue weighted by Crippen LogP contribution is -2.27. The van der Waals surface area contributed by atoms with E-state index in [1.165, 1.54) is 0 Å². The number of hydrogen-bond donors (Lipinski definition) is 1. The summed E-state index contributed by atoms with van der Waals surface area (Å²) < 4.78 is 5.33. The first-order valence-corrected chi connectivity index (χ1v) is 8.77. The Labute approximate surface area is 146 Å². The minimum Gasteiger partial charge on any atom is -0.496 e. The first-order chi connectivity index (χ1) is 11.1. The lowest BCUT2D eigenvalue weighted by Gasteiger charge is -2.17. The van der Waals surface area contributed by atoms with E-state index in [1.54, 1.807) is 18.9 Å². The number of ether oxygens (including phenoxy) is 1. The molecule has 0 aromatic heterocycles. The number of thioether (sulfide) groups is 1. The molecule has 23 heavy (non-hydrogen) atoms. The number of methoxy groups -OCH3 is 1. The number of nitrogens with one attached hydrogen (secondary N) is 1. The van der Waals surface area contributed by atoms with Crippen LogP contribution in [0.1, 0.15) is 24.9 Å². The third-order valence-corrected chi connectivity index (χ3v) is 4.66. The van der Waals surface area contributed by atoms with Crippen molar-refractivity contribution in [2.45, 2.75) is 24.3 Å². The van der Waals surface area contributed by atoms with E-state index in [-0.39, 0.29) is 11.9 Å². The Bertz CT molecular complexity index is 646. The number of amides is 1. The maximum atomic E-state index is 12.1. The van der Waals surface area contributed by atoms with Gasteiger partial charge in [-0.05, 0) is 37.3 Å². The van der Waals surface area contributed by atoms with E-state index >= 15 is 0 Å². The fraction of sp³-hybridized carbons (Fsp3) is 0.278. The van der Waals surface area contributed by atoms with Gasteiger partial charge in [0.05, 0.1) is 13.2 Å². The molecule has 0 radical (unpaired) electrons. The van der Waals surface area contributed by atoms with Crippen LogP contribution in [0.3, 0.4) is 0 Å². The van der Waals surface area contributed by atoms with Gasteiger partial charge in [-0.2, -0.15) is 0 Å². The average Bonchev–Trinajstić information content (AvgIpc) is 2.56. The molecule has 2 rings (SSSR count). The second-order valence-electron chi connectivity index (χ2n) is 5.08. The van der Waals surface area contributed by atoms with Gasteiger partial charge in [0.15, 0.2) is 0 Å². The summed E-state index contributed by atoms with van der Waals surface area (Å²) in [6.07, 6.45) is 0.465. The molecule has 1 atom stereocenters. The fourth-order valence-corrected chi connectivity index (χ4v) is 3.19. The Morgan fingerprint density at radius 1 is 1.22 bits per heavy atom. The quantitative estimate of drug-likeness (QED) is 0.736. The number of carbonyl (C=O) groups excluding carboxylic acids is 1. The van der Waals surface area contributed by atoms with Gasteiger partial charge in [-0.25, -0.2) is 0 Å². The molecule has 0 fully saturated rings. The molecule has 2 aromatic rings. The van der Waals surface area contributed by atoms with Crippen LogP contribution in [0.15, 0.2) is 53.4 Å². The first-order valence-electron chi connectivity index (χ1n) is 7.41. The van der Waals surface area contributed by atoms with Crippen molar-refractivity contribution in [3.05, 3.63) is 59.1 Å². The summed E-state index contributed by atoms with van der Waals surface area (Å²) in [6, 6.07) is 15.3. The van der Waals surface area contributed by atoms with Crippen LogP contribution in [-0.2, 0) is 4.79 Å². The molecule has 1 amide bonds. The van der Waals surface area contributed by atoms with Crippen molar-refractivity contribution in [1.29, 1.82) is 0 Å². The fourth-order valence-electron chi connectivity index (χ4n) is 2.21. The largest absolute Gasteiger partial charge is 0.496 e. The van der Waals surface area contributed by atoms with E-state index in [4.69, 9.17) is 16.3 Å². The Morgan fingerprint density at radius 2 is 1.91 bits per heavy atom. The summed E-state index contributed by atoms with van der Waals surface area (Å²) in [5.74, 6) is 1.55. The molecular weight excluding hydrogens is 330 g/mol. The molecule has 0 unspecified atom stereocenters. The van der Waals surface area contributed by atoms with Crippen molar-refractivity contribution in [3.63, 3.8) is 0 Å². The zero-order chi connectivity index (χ0) is 16.7. The molecular formula is C18H20ClNO2S. The second kappa shape index (κ2) is 8.85. The Hall–Kier alpha value is -1.65. The molecule has 0 aliphatic carbocycles. The average molecular weight is 350 g/mol. The van der Waals surface area contributed by atoms with Crippen LogP contribution in [-0.4, -0.2) is 18.8 Å². The highest BCUT2D eigenvalue weighted by molar-refractivity contribution is 7.99. The van der Waals surface area contributed by atoms with Gasteiger partial charge in [-0.1, -0.05) is 29.8 Å². The van der Waals surface area contributed by atoms with Crippen LogP contribution in [0.2, 0.25) is 5.02 Å². The zero-order valence-corrected chi connectivity index (χ0v) is 14.8. The number of benzene rings is 2. The molecule has 0 saturated heterocycles. The molecule has 0 heterocycles. The predicted octanol–water partition coefficient (Wildman–Crippen LogP) is 4.71.